The number of aromatic nitrogens is 1. The highest BCUT2D eigenvalue weighted by Crippen LogP contribution is 2.42. The Hall–Kier alpha value is -2.81. The lowest BCUT2D eigenvalue weighted by Gasteiger charge is -2.26. The number of ketones is 1. The highest BCUT2D eigenvalue weighted by atomic mass is 35.5. The molecule has 1 aromatic carbocycles. The summed E-state index contributed by atoms with van der Waals surface area (Å²) in [5.41, 5.74) is 1.74. The zero-order valence-corrected chi connectivity index (χ0v) is 20.5. The second-order valence-electron chi connectivity index (χ2n) is 8.09. The SMILES string of the molecule is COC(=O)c1[nH]c(C)c(/C(O)=C2\C(=O)C(=O)N(CCN(C)C)C2c2ccc(Cl)c(Cl)c2)c1C. The van der Waals surface area contributed by atoms with Crippen LogP contribution in [0.3, 0.4) is 0 Å². The number of aliphatic hydroxyl groups excluding tert-OH is 1. The maximum absolute atomic E-state index is 13.1. The van der Waals surface area contributed by atoms with Crippen LogP contribution in [0.5, 0.6) is 0 Å². The molecule has 1 saturated heterocycles. The van der Waals surface area contributed by atoms with Gasteiger partial charge in [0.2, 0.25) is 0 Å². The molecule has 1 aliphatic heterocycles. The zero-order chi connectivity index (χ0) is 24.6. The number of carbonyl (C=O) groups excluding carboxylic acids is 3. The second kappa shape index (κ2) is 9.59. The maximum Gasteiger partial charge on any atom is 0.354 e. The molecule has 8 nitrogen and oxygen atoms in total. The monoisotopic (exact) mass is 493 g/mol. The first-order valence-electron chi connectivity index (χ1n) is 10.2. The third-order valence-electron chi connectivity index (χ3n) is 5.65. The van der Waals surface area contributed by atoms with Crippen LogP contribution in [-0.2, 0) is 14.3 Å². The Balaban J connectivity index is 2.24. The van der Waals surface area contributed by atoms with Crippen molar-refractivity contribution < 1.29 is 24.2 Å². The maximum atomic E-state index is 13.1. The van der Waals surface area contributed by atoms with E-state index >= 15 is 0 Å². The normalized spacial score (nSPS) is 17.8. The lowest BCUT2D eigenvalue weighted by molar-refractivity contribution is -0.140. The van der Waals surface area contributed by atoms with E-state index < -0.39 is 23.7 Å². The molecule has 0 aliphatic carbocycles. The van der Waals surface area contributed by atoms with E-state index in [1.54, 1.807) is 32.0 Å². The Labute approximate surface area is 201 Å². The number of likely N-dealkylation sites (N-methyl/N-ethyl adjacent to an activating group) is 1. The summed E-state index contributed by atoms with van der Waals surface area (Å²) >= 11 is 12.3. The number of aromatic amines is 1. The van der Waals surface area contributed by atoms with E-state index in [0.29, 0.717) is 28.4 Å². The van der Waals surface area contributed by atoms with Gasteiger partial charge in [-0.15, -0.1) is 0 Å². The minimum atomic E-state index is -0.880. The number of aryl methyl sites for hydroxylation is 1. The van der Waals surface area contributed by atoms with E-state index in [9.17, 15) is 19.5 Å². The highest BCUT2D eigenvalue weighted by Gasteiger charge is 2.46. The van der Waals surface area contributed by atoms with Crippen molar-refractivity contribution >= 4 is 46.6 Å². The first-order chi connectivity index (χ1) is 15.5. The molecule has 2 heterocycles. The summed E-state index contributed by atoms with van der Waals surface area (Å²) in [5.74, 6) is -2.53. The Morgan fingerprint density at radius 3 is 2.45 bits per heavy atom. The van der Waals surface area contributed by atoms with Gasteiger partial charge in [-0.2, -0.15) is 0 Å². The number of ether oxygens (including phenoxy) is 1. The molecule has 2 N–H and O–H groups in total. The topological polar surface area (TPSA) is 103 Å². The predicted molar refractivity (Wildman–Crippen MR) is 126 cm³/mol. The molecule has 0 saturated carbocycles. The molecular weight excluding hydrogens is 469 g/mol. The quantitative estimate of drug-likeness (QED) is 0.275. The smallest absolute Gasteiger partial charge is 0.354 e. The van der Waals surface area contributed by atoms with E-state index in [0.717, 1.165) is 0 Å². The largest absolute Gasteiger partial charge is 0.507 e. The van der Waals surface area contributed by atoms with Crippen LogP contribution in [0.4, 0.5) is 0 Å². The number of amides is 1. The fraction of sp³-hybridized carbons (Fsp3) is 0.348. The highest BCUT2D eigenvalue weighted by molar-refractivity contribution is 6.47. The van der Waals surface area contributed by atoms with Gasteiger partial charge in [0.1, 0.15) is 11.5 Å². The Kier molecular flexibility index (Phi) is 7.21. The zero-order valence-electron chi connectivity index (χ0n) is 19.0. The van der Waals surface area contributed by atoms with Crippen molar-refractivity contribution in [3.8, 4) is 0 Å². The van der Waals surface area contributed by atoms with Crippen LogP contribution in [0.15, 0.2) is 23.8 Å². The molecule has 0 spiro atoms. The number of aliphatic hydroxyl groups is 1. The van der Waals surface area contributed by atoms with Crippen LogP contribution >= 0.6 is 23.2 Å². The number of hydrogen-bond donors (Lipinski definition) is 2. The first-order valence-corrected chi connectivity index (χ1v) is 10.9. The molecule has 0 radical (unpaired) electrons. The number of nitrogens with one attached hydrogen (secondary N) is 1. The molecule has 1 aromatic heterocycles. The molecule has 0 bridgehead atoms. The number of benzene rings is 1. The van der Waals surface area contributed by atoms with Crippen molar-refractivity contribution in [3.63, 3.8) is 0 Å². The molecule has 1 amide bonds. The van der Waals surface area contributed by atoms with E-state index in [1.165, 1.54) is 12.0 Å². The number of methoxy groups -OCH3 is 1. The van der Waals surface area contributed by atoms with Gasteiger partial charge in [-0.05, 0) is 51.2 Å². The van der Waals surface area contributed by atoms with Gasteiger partial charge in [0.05, 0.1) is 28.8 Å². The van der Waals surface area contributed by atoms with Crippen LogP contribution in [0.25, 0.3) is 5.76 Å². The number of rotatable bonds is 6. The lowest BCUT2D eigenvalue weighted by Crippen LogP contribution is -2.35. The molecule has 2 aromatic rings. The van der Waals surface area contributed by atoms with Crippen LogP contribution in [-0.4, -0.2) is 71.8 Å². The number of esters is 1. The van der Waals surface area contributed by atoms with Crippen molar-refractivity contribution in [1.82, 2.24) is 14.8 Å². The lowest BCUT2D eigenvalue weighted by atomic mass is 9.94. The van der Waals surface area contributed by atoms with Gasteiger partial charge < -0.3 is 24.6 Å². The minimum Gasteiger partial charge on any atom is -0.507 e. The van der Waals surface area contributed by atoms with Gasteiger partial charge in [-0.3, -0.25) is 9.59 Å². The van der Waals surface area contributed by atoms with Crippen molar-refractivity contribution in [2.75, 3.05) is 34.3 Å². The Morgan fingerprint density at radius 1 is 1.21 bits per heavy atom. The van der Waals surface area contributed by atoms with Crippen molar-refractivity contribution in [3.05, 3.63) is 61.9 Å². The first kappa shape index (κ1) is 24.8. The van der Waals surface area contributed by atoms with Crippen LogP contribution in [0.2, 0.25) is 10.0 Å². The Bertz CT molecular complexity index is 1170. The number of carbonyl (C=O) groups is 3. The second-order valence-corrected chi connectivity index (χ2v) is 8.90. The summed E-state index contributed by atoms with van der Waals surface area (Å²) in [6.45, 7) is 4.03. The number of Topliss-reactive ketones (excluding diaryl/α,β-unsaturated/α-hetero) is 1. The molecule has 176 valence electrons. The van der Waals surface area contributed by atoms with Crippen molar-refractivity contribution in [1.29, 1.82) is 0 Å². The molecular formula is C23H25Cl2N3O5. The summed E-state index contributed by atoms with van der Waals surface area (Å²) in [6, 6.07) is 3.94. The fourth-order valence-corrected chi connectivity index (χ4v) is 4.30. The van der Waals surface area contributed by atoms with Gasteiger partial charge in [-0.25, -0.2) is 4.79 Å². The fourth-order valence-electron chi connectivity index (χ4n) is 3.99. The number of likely N-dealkylation sites (tertiary alicyclic amines) is 1. The van der Waals surface area contributed by atoms with E-state index in [4.69, 9.17) is 27.9 Å². The molecule has 3 rings (SSSR count). The van der Waals surface area contributed by atoms with Crippen LogP contribution in [0.1, 0.15) is 38.9 Å². The molecule has 1 fully saturated rings. The summed E-state index contributed by atoms with van der Waals surface area (Å²) in [4.78, 5) is 44.4. The van der Waals surface area contributed by atoms with Crippen molar-refractivity contribution in [2.45, 2.75) is 19.9 Å². The van der Waals surface area contributed by atoms with E-state index in [-0.39, 0.29) is 34.2 Å². The molecule has 10 heteroatoms. The average Bonchev–Trinajstić information content (AvgIpc) is 3.20. The predicted octanol–water partition coefficient (Wildman–Crippen LogP) is 3.71. The number of halogens is 2. The van der Waals surface area contributed by atoms with Gasteiger partial charge in [0.25, 0.3) is 11.7 Å². The summed E-state index contributed by atoms with van der Waals surface area (Å²) in [5, 5.41) is 11.9. The van der Waals surface area contributed by atoms with Gasteiger partial charge in [-0.1, -0.05) is 29.3 Å². The average molecular weight is 494 g/mol. The third-order valence-corrected chi connectivity index (χ3v) is 6.39. The van der Waals surface area contributed by atoms with Gasteiger partial charge in [0.15, 0.2) is 0 Å². The number of H-pyrrole nitrogens is 1. The van der Waals surface area contributed by atoms with E-state index in [1.807, 2.05) is 19.0 Å². The van der Waals surface area contributed by atoms with Gasteiger partial charge in [0, 0.05) is 24.3 Å². The molecule has 1 aliphatic rings. The minimum absolute atomic E-state index is 0.0845. The van der Waals surface area contributed by atoms with Crippen molar-refractivity contribution in [2.24, 2.45) is 0 Å². The summed E-state index contributed by atoms with van der Waals surface area (Å²) in [7, 11) is 4.95. The molecule has 1 unspecified atom stereocenters. The number of nitrogens with zero attached hydrogens (tertiary/aromatic N) is 2. The summed E-state index contributed by atoms with van der Waals surface area (Å²) < 4.78 is 4.79. The third kappa shape index (κ3) is 4.51. The van der Waals surface area contributed by atoms with E-state index in [2.05, 4.69) is 4.98 Å². The summed E-state index contributed by atoms with van der Waals surface area (Å²) in [6.07, 6.45) is 0. The molecule has 1 atom stereocenters. The van der Waals surface area contributed by atoms with Crippen LogP contribution in [0, 0.1) is 13.8 Å². The standard InChI is InChI=1S/C23H25Cl2N3O5/c1-11-16(12(2)26-18(11)23(32)33-5)20(29)17-19(13-6-7-14(24)15(25)10-13)28(9-8-27(3)4)22(31)21(17)30/h6-7,10,19,26,29H,8-9H2,1-5H3/b20-17+. The van der Waals surface area contributed by atoms with Gasteiger partial charge >= 0.3 is 5.97 Å². The Morgan fingerprint density at radius 2 is 1.88 bits per heavy atom. The molecule has 33 heavy (non-hydrogen) atoms. The number of hydrogen-bond acceptors (Lipinski definition) is 6. The van der Waals surface area contributed by atoms with Crippen LogP contribution < -0.4 is 0 Å².